The second-order valence-corrected chi connectivity index (χ2v) is 14.1. The molecule has 10 heteroatoms. The second-order valence-electron chi connectivity index (χ2n) is 14.1. The molecule has 4 heterocycles. The van der Waals surface area contributed by atoms with Crippen molar-refractivity contribution in [2.45, 2.75) is 38.5 Å². The predicted octanol–water partition coefficient (Wildman–Crippen LogP) is 6.87. The molecule has 10 nitrogen and oxygen atoms in total. The Balaban J connectivity index is 0.902. The molecule has 52 heavy (non-hydrogen) atoms. The lowest BCUT2D eigenvalue weighted by Crippen LogP contribution is -2.37. The number of piperidine rings is 2. The van der Waals surface area contributed by atoms with Crippen molar-refractivity contribution in [3.05, 3.63) is 96.1 Å². The van der Waals surface area contributed by atoms with Crippen LogP contribution in [0.5, 0.6) is 0 Å². The van der Waals surface area contributed by atoms with Gasteiger partial charge in [-0.3, -0.25) is 9.59 Å². The van der Waals surface area contributed by atoms with Gasteiger partial charge in [0, 0.05) is 48.4 Å². The fourth-order valence-corrected chi connectivity index (χ4v) is 7.44. The first kappa shape index (κ1) is 33.8. The van der Waals surface area contributed by atoms with Crippen molar-refractivity contribution in [1.29, 1.82) is 0 Å². The van der Waals surface area contributed by atoms with Gasteiger partial charge in [0.2, 0.25) is 0 Å². The Morgan fingerprint density at radius 1 is 0.519 bits per heavy atom. The zero-order valence-corrected chi connectivity index (χ0v) is 29.6. The third-order valence-electron chi connectivity index (χ3n) is 10.5. The number of rotatable bonds is 11. The normalized spacial score (nSPS) is 15.6. The fourth-order valence-electron chi connectivity index (χ4n) is 7.44. The van der Waals surface area contributed by atoms with Gasteiger partial charge in [0.1, 0.15) is 11.6 Å². The number of carbonyl (C=O) groups excluding carboxylic acids is 2. The Morgan fingerprint density at radius 2 is 0.904 bits per heavy atom. The lowest BCUT2D eigenvalue weighted by Gasteiger charge is -2.26. The standard InChI is InChI=1S/C42H46N8O2/c51-41(43-19-25-49-21-3-1-4-22-49)31-11-7-29(8-12-31)39-45-35-17-15-33(27-37(35)47-39)34-16-18-36-38(28-34)48-40(46-36)30-9-13-32(14-10-30)42(52)44-20-26-50-23-5-2-6-24-50/h7-18,27-28H,1-6,19-26H2,(H,43,51)(H,44,52)(H,45,47)(H,46,48). The highest BCUT2D eigenvalue weighted by molar-refractivity contribution is 5.95. The minimum atomic E-state index is -0.0460. The molecule has 4 N–H and O–H groups in total. The van der Waals surface area contributed by atoms with Crippen LogP contribution in [0.25, 0.3) is 56.0 Å². The Labute approximate surface area is 304 Å². The molecule has 6 aromatic rings. The highest BCUT2D eigenvalue weighted by Gasteiger charge is 2.15. The maximum atomic E-state index is 12.7. The van der Waals surface area contributed by atoms with E-state index in [2.05, 4.69) is 54.7 Å². The van der Waals surface area contributed by atoms with E-state index in [1.54, 1.807) is 0 Å². The summed E-state index contributed by atoms with van der Waals surface area (Å²) in [6.07, 6.45) is 7.62. The topological polar surface area (TPSA) is 122 Å². The quantitative estimate of drug-likeness (QED) is 0.117. The van der Waals surface area contributed by atoms with Gasteiger partial charge in [-0.1, -0.05) is 49.2 Å². The van der Waals surface area contributed by atoms with Crippen LogP contribution >= 0.6 is 0 Å². The molecule has 0 aliphatic carbocycles. The largest absolute Gasteiger partial charge is 0.351 e. The van der Waals surface area contributed by atoms with Gasteiger partial charge < -0.3 is 30.4 Å². The smallest absolute Gasteiger partial charge is 0.251 e. The monoisotopic (exact) mass is 694 g/mol. The van der Waals surface area contributed by atoms with Gasteiger partial charge in [0.05, 0.1) is 22.1 Å². The summed E-state index contributed by atoms with van der Waals surface area (Å²) >= 11 is 0. The van der Waals surface area contributed by atoms with Crippen LogP contribution in [0.2, 0.25) is 0 Å². The summed E-state index contributed by atoms with van der Waals surface area (Å²) in [5.41, 5.74) is 8.91. The van der Waals surface area contributed by atoms with E-state index in [9.17, 15) is 9.59 Å². The Hall–Kier alpha value is -5.32. The molecular formula is C42H46N8O2. The molecule has 2 aliphatic heterocycles. The third-order valence-corrected chi connectivity index (χ3v) is 10.5. The number of nitrogens with one attached hydrogen (secondary N) is 4. The van der Waals surface area contributed by atoms with Crippen LogP contribution in [0, 0.1) is 0 Å². The molecule has 0 bridgehead atoms. The van der Waals surface area contributed by atoms with Crippen LogP contribution in [0.4, 0.5) is 0 Å². The van der Waals surface area contributed by atoms with Gasteiger partial charge in [-0.2, -0.15) is 0 Å². The molecule has 2 aromatic heterocycles. The molecule has 0 spiro atoms. The van der Waals surface area contributed by atoms with Crippen LogP contribution in [0.1, 0.15) is 59.2 Å². The number of likely N-dealkylation sites (tertiary alicyclic amines) is 2. The molecule has 2 aliphatic rings. The number of carbonyl (C=O) groups is 2. The molecule has 2 saturated heterocycles. The highest BCUT2D eigenvalue weighted by atomic mass is 16.2. The Bertz CT molecular complexity index is 2000. The van der Waals surface area contributed by atoms with Crippen LogP contribution in [-0.4, -0.2) is 93.9 Å². The van der Waals surface area contributed by atoms with E-state index in [1.165, 1.54) is 38.5 Å². The zero-order chi connectivity index (χ0) is 35.3. The molecule has 0 saturated carbocycles. The van der Waals surface area contributed by atoms with Crippen LogP contribution in [-0.2, 0) is 0 Å². The Kier molecular flexibility index (Phi) is 10.1. The average molecular weight is 695 g/mol. The van der Waals surface area contributed by atoms with Gasteiger partial charge in [-0.15, -0.1) is 0 Å². The predicted molar refractivity (Wildman–Crippen MR) is 207 cm³/mol. The minimum Gasteiger partial charge on any atom is -0.351 e. The van der Waals surface area contributed by atoms with Crippen molar-refractivity contribution in [1.82, 2.24) is 40.4 Å². The summed E-state index contributed by atoms with van der Waals surface area (Å²) in [4.78, 5) is 46.9. The minimum absolute atomic E-state index is 0.0460. The first-order valence-corrected chi connectivity index (χ1v) is 18.8. The summed E-state index contributed by atoms with van der Waals surface area (Å²) in [5.74, 6) is 1.43. The lowest BCUT2D eigenvalue weighted by atomic mass is 10.0. The molecule has 0 atom stereocenters. The molecule has 2 fully saturated rings. The number of aromatic amines is 2. The van der Waals surface area contributed by atoms with Crippen LogP contribution in [0.15, 0.2) is 84.9 Å². The van der Waals surface area contributed by atoms with Crippen molar-refractivity contribution in [3.8, 4) is 33.9 Å². The maximum absolute atomic E-state index is 12.7. The fraction of sp³-hybridized carbons (Fsp3) is 0.333. The zero-order valence-electron chi connectivity index (χ0n) is 29.6. The van der Waals surface area contributed by atoms with Crippen LogP contribution in [0.3, 0.4) is 0 Å². The number of benzene rings is 4. The SMILES string of the molecule is O=C(NCCN1CCCCC1)c1ccc(-c2nc3ccc(-c4ccc5nc(-c6ccc(C(=O)NCCN7CCCCC7)cc6)[nH]c5c4)cc3[nH]2)cc1. The third kappa shape index (κ3) is 7.78. The maximum Gasteiger partial charge on any atom is 0.251 e. The van der Waals surface area contributed by atoms with Gasteiger partial charge >= 0.3 is 0 Å². The lowest BCUT2D eigenvalue weighted by molar-refractivity contribution is 0.0938. The van der Waals surface area contributed by atoms with Crippen LogP contribution < -0.4 is 10.6 Å². The molecule has 266 valence electrons. The number of amides is 2. The van der Waals surface area contributed by atoms with E-state index in [4.69, 9.17) is 9.97 Å². The van der Waals surface area contributed by atoms with Gasteiger partial charge in [0.25, 0.3) is 11.8 Å². The number of hydrogen-bond donors (Lipinski definition) is 4. The summed E-state index contributed by atoms with van der Waals surface area (Å²) in [7, 11) is 0. The Morgan fingerprint density at radius 3 is 1.31 bits per heavy atom. The molecular weight excluding hydrogens is 649 g/mol. The molecule has 8 rings (SSSR count). The first-order valence-electron chi connectivity index (χ1n) is 18.8. The van der Waals surface area contributed by atoms with E-state index in [0.717, 1.165) is 95.2 Å². The number of aromatic nitrogens is 4. The molecule has 0 unspecified atom stereocenters. The van der Waals surface area contributed by atoms with E-state index in [-0.39, 0.29) is 11.8 Å². The average Bonchev–Trinajstić information content (AvgIpc) is 3.83. The number of hydrogen-bond acceptors (Lipinski definition) is 6. The van der Waals surface area contributed by atoms with E-state index >= 15 is 0 Å². The van der Waals surface area contributed by atoms with Crippen molar-refractivity contribution in [2.75, 3.05) is 52.4 Å². The summed E-state index contributed by atoms with van der Waals surface area (Å²) in [5, 5.41) is 6.13. The second kappa shape index (κ2) is 15.5. The van der Waals surface area contributed by atoms with E-state index in [0.29, 0.717) is 24.2 Å². The summed E-state index contributed by atoms with van der Waals surface area (Å²) < 4.78 is 0. The summed E-state index contributed by atoms with van der Waals surface area (Å²) in [6, 6.07) is 27.7. The van der Waals surface area contributed by atoms with Crippen molar-refractivity contribution < 1.29 is 9.59 Å². The van der Waals surface area contributed by atoms with Gasteiger partial charge in [-0.25, -0.2) is 9.97 Å². The number of fused-ring (bicyclic) bond motifs is 2. The van der Waals surface area contributed by atoms with Crippen molar-refractivity contribution in [2.24, 2.45) is 0 Å². The number of nitrogens with zero attached hydrogens (tertiary/aromatic N) is 4. The molecule has 0 radical (unpaired) electrons. The first-order chi connectivity index (χ1) is 25.6. The molecule has 4 aromatic carbocycles. The van der Waals surface area contributed by atoms with Crippen molar-refractivity contribution in [3.63, 3.8) is 0 Å². The van der Waals surface area contributed by atoms with Gasteiger partial charge in [0.15, 0.2) is 0 Å². The number of H-pyrrole nitrogens is 2. The number of imidazole rings is 2. The van der Waals surface area contributed by atoms with Crippen molar-refractivity contribution >= 4 is 33.9 Å². The summed E-state index contributed by atoms with van der Waals surface area (Å²) in [6.45, 7) is 7.64. The van der Waals surface area contributed by atoms with E-state index < -0.39 is 0 Å². The molecule has 2 amide bonds. The highest BCUT2D eigenvalue weighted by Crippen LogP contribution is 2.29. The van der Waals surface area contributed by atoms with E-state index in [1.807, 2.05) is 60.7 Å². The van der Waals surface area contributed by atoms with Gasteiger partial charge in [-0.05, 0) is 112 Å².